The molecule has 0 aromatic heterocycles. The lowest BCUT2D eigenvalue weighted by atomic mass is 10.1. The van der Waals surface area contributed by atoms with Crippen LogP contribution in [0.5, 0.6) is 0 Å². The molecule has 1 amide bonds. The number of halogens is 2. The van der Waals surface area contributed by atoms with Crippen molar-refractivity contribution >= 4 is 33.4 Å². The fourth-order valence-electron chi connectivity index (χ4n) is 3.60. The first-order chi connectivity index (χ1) is 14.5. The van der Waals surface area contributed by atoms with Gasteiger partial charge >= 0.3 is 0 Å². The Morgan fingerprint density at radius 2 is 1.60 bits per heavy atom. The zero-order chi connectivity index (χ0) is 21.1. The lowest BCUT2D eigenvalue weighted by Gasteiger charge is -2.23. The number of fused-ring (bicyclic) bond motifs is 1. The summed E-state index contributed by atoms with van der Waals surface area (Å²) in [7, 11) is -1.43. The molecule has 1 saturated heterocycles. The van der Waals surface area contributed by atoms with Crippen LogP contribution in [-0.2, 0) is 11.0 Å². The molecule has 30 heavy (non-hydrogen) atoms. The number of nitrogens with one attached hydrogen (secondary N) is 3. The van der Waals surface area contributed by atoms with Crippen LogP contribution in [0, 0.1) is 11.6 Å². The van der Waals surface area contributed by atoms with Crippen molar-refractivity contribution in [3.8, 4) is 0 Å². The van der Waals surface area contributed by atoms with E-state index in [1.807, 2.05) is 12.1 Å². The SMILES string of the molecule is O=C(Nc1ccc(S(=O)NC2CCNCC2)c2ccccc12)c1c(F)cccc1F. The zero-order valence-electron chi connectivity index (χ0n) is 16.1. The summed E-state index contributed by atoms with van der Waals surface area (Å²) in [4.78, 5) is 13.1. The highest BCUT2D eigenvalue weighted by molar-refractivity contribution is 7.83. The molecule has 1 unspecified atom stereocenters. The summed E-state index contributed by atoms with van der Waals surface area (Å²) in [5.41, 5.74) is -0.248. The highest BCUT2D eigenvalue weighted by Gasteiger charge is 2.20. The smallest absolute Gasteiger partial charge is 0.261 e. The van der Waals surface area contributed by atoms with Gasteiger partial charge in [0.25, 0.3) is 5.91 Å². The second-order valence-corrected chi connectivity index (χ2v) is 8.33. The van der Waals surface area contributed by atoms with Crippen molar-refractivity contribution in [3.05, 3.63) is 71.8 Å². The van der Waals surface area contributed by atoms with Crippen LogP contribution in [-0.4, -0.2) is 29.2 Å². The monoisotopic (exact) mass is 429 g/mol. The highest BCUT2D eigenvalue weighted by Crippen LogP contribution is 2.29. The molecule has 3 aromatic rings. The Morgan fingerprint density at radius 1 is 0.933 bits per heavy atom. The molecule has 8 heteroatoms. The minimum Gasteiger partial charge on any atom is -0.321 e. The summed E-state index contributed by atoms with van der Waals surface area (Å²) in [6.45, 7) is 1.76. The first-order valence-corrected chi connectivity index (χ1v) is 10.9. The van der Waals surface area contributed by atoms with Gasteiger partial charge in [0.1, 0.15) is 28.2 Å². The number of anilines is 1. The van der Waals surface area contributed by atoms with Gasteiger partial charge in [-0.3, -0.25) is 4.79 Å². The molecular formula is C22H21F2N3O2S. The molecule has 1 atom stereocenters. The third kappa shape index (κ3) is 4.26. The summed E-state index contributed by atoms with van der Waals surface area (Å²) >= 11 is 0. The van der Waals surface area contributed by atoms with Crippen LogP contribution in [0.2, 0.25) is 0 Å². The molecule has 0 aliphatic carbocycles. The number of hydrogen-bond donors (Lipinski definition) is 3. The Bertz CT molecular complexity index is 1100. The molecular weight excluding hydrogens is 408 g/mol. The zero-order valence-corrected chi connectivity index (χ0v) is 16.9. The van der Waals surface area contributed by atoms with Gasteiger partial charge in [-0.25, -0.2) is 17.7 Å². The molecule has 1 heterocycles. The lowest BCUT2D eigenvalue weighted by Crippen LogP contribution is -2.40. The normalized spacial score (nSPS) is 15.8. The standard InChI is InChI=1S/C22H21F2N3O2S/c23-17-6-3-7-18(24)21(17)22(28)26-19-8-9-20(16-5-2-1-4-15(16)19)30(29)27-14-10-12-25-13-11-14/h1-9,14,25,27H,10-13H2,(H,26,28). The molecule has 0 bridgehead atoms. The van der Waals surface area contributed by atoms with E-state index in [1.165, 1.54) is 6.07 Å². The van der Waals surface area contributed by atoms with Gasteiger partial charge < -0.3 is 10.6 Å². The molecule has 3 N–H and O–H groups in total. The second kappa shape index (κ2) is 8.99. The van der Waals surface area contributed by atoms with E-state index in [4.69, 9.17) is 0 Å². The minimum absolute atomic E-state index is 0.161. The average Bonchev–Trinajstić information content (AvgIpc) is 2.74. The third-order valence-electron chi connectivity index (χ3n) is 5.13. The van der Waals surface area contributed by atoms with E-state index in [2.05, 4.69) is 15.4 Å². The van der Waals surface area contributed by atoms with E-state index < -0.39 is 34.1 Å². The number of benzene rings is 3. The highest BCUT2D eigenvalue weighted by atomic mass is 32.2. The molecule has 1 aliphatic heterocycles. The van der Waals surface area contributed by atoms with Crippen molar-refractivity contribution in [2.45, 2.75) is 23.8 Å². The van der Waals surface area contributed by atoms with Gasteiger partial charge in [0, 0.05) is 22.5 Å². The number of hydrogen-bond acceptors (Lipinski definition) is 3. The van der Waals surface area contributed by atoms with E-state index in [0.717, 1.165) is 38.1 Å². The fourth-order valence-corrected chi connectivity index (χ4v) is 4.83. The summed E-state index contributed by atoms with van der Waals surface area (Å²) in [6.07, 6.45) is 1.79. The maximum atomic E-state index is 14.0. The summed E-state index contributed by atoms with van der Waals surface area (Å²) < 4.78 is 44.1. The van der Waals surface area contributed by atoms with Gasteiger partial charge in [0.15, 0.2) is 0 Å². The minimum atomic E-state index is -1.43. The van der Waals surface area contributed by atoms with Crippen LogP contribution >= 0.6 is 0 Å². The van der Waals surface area contributed by atoms with Crippen LogP contribution in [0.25, 0.3) is 10.8 Å². The van der Waals surface area contributed by atoms with Crippen LogP contribution in [0.15, 0.2) is 59.5 Å². The summed E-state index contributed by atoms with van der Waals surface area (Å²) in [6, 6.07) is 13.9. The number of carbonyl (C=O) groups excluding carboxylic acids is 1. The van der Waals surface area contributed by atoms with E-state index >= 15 is 0 Å². The van der Waals surface area contributed by atoms with E-state index in [1.54, 1.807) is 24.3 Å². The van der Waals surface area contributed by atoms with Gasteiger partial charge in [-0.1, -0.05) is 30.3 Å². The van der Waals surface area contributed by atoms with Gasteiger partial charge in [-0.15, -0.1) is 0 Å². The lowest BCUT2D eigenvalue weighted by molar-refractivity contribution is 0.101. The Hall–Kier alpha value is -2.68. The predicted octanol–water partition coefficient (Wildman–Crippen LogP) is 3.73. The molecule has 0 spiro atoms. The Kier molecular flexibility index (Phi) is 6.17. The first-order valence-electron chi connectivity index (χ1n) is 9.70. The van der Waals surface area contributed by atoms with Crippen molar-refractivity contribution in [2.24, 2.45) is 0 Å². The van der Waals surface area contributed by atoms with E-state index in [-0.39, 0.29) is 6.04 Å². The van der Waals surface area contributed by atoms with Gasteiger partial charge in [0.05, 0.1) is 4.90 Å². The summed E-state index contributed by atoms with van der Waals surface area (Å²) in [5, 5.41) is 7.19. The molecule has 1 fully saturated rings. The molecule has 4 rings (SSSR count). The Morgan fingerprint density at radius 3 is 2.30 bits per heavy atom. The van der Waals surface area contributed by atoms with Gasteiger partial charge in [-0.05, 0) is 50.2 Å². The maximum Gasteiger partial charge on any atom is 0.261 e. The van der Waals surface area contributed by atoms with E-state index in [9.17, 15) is 17.8 Å². The third-order valence-corrected chi connectivity index (χ3v) is 6.44. The predicted molar refractivity (Wildman–Crippen MR) is 114 cm³/mol. The molecule has 3 aromatic carbocycles. The van der Waals surface area contributed by atoms with Gasteiger partial charge in [-0.2, -0.15) is 0 Å². The number of rotatable bonds is 5. The quantitative estimate of drug-likeness (QED) is 0.579. The largest absolute Gasteiger partial charge is 0.321 e. The van der Waals surface area contributed by atoms with Crippen LogP contribution in [0.4, 0.5) is 14.5 Å². The van der Waals surface area contributed by atoms with Crippen molar-refractivity contribution < 1.29 is 17.8 Å². The number of carbonyl (C=O) groups is 1. The summed E-state index contributed by atoms with van der Waals surface area (Å²) in [5.74, 6) is -2.74. The van der Waals surface area contributed by atoms with Crippen LogP contribution in [0.3, 0.4) is 0 Å². The van der Waals surface area contributed by atoms with Crippen molar-refractivity contribution in [1.29, 1.82) is 0 Å². The van der Waals surface area contributed by atoms with Crippen molar-refractivity contribution in [1.82, 2.24) is 10.0 Å². The van der Waals surface area contributed by atoms with Crippen molar-refractivity contribution in [2.75, 3.05) is 18.4 Å². The maximum absolute atomic E-state index is 14.0. The molecule has 1 aliphatic rings. The number of amides is 1. The molecule has 5 nitrogen and oxygen atoms in total. The van der Waals surface area contributed by atoms with Gasteiger partial charge in [0.2, 0.25) is 0 Å². The topological polar surface area (TPSA) is 70.2 Å². The Balaban J connectivity index is 1.64. The Labute approximate surface area is 175 Å². The second-order valence-electron chi connectivity index (χ2n) is 7.12. The molecule has 0 saturated carbocycles. The van der Waals surface area contributed by atoms with Crippen molar-refractivity contribution in [3.63, 3.8) is 0 Å². The number of piperidine rings is 1. The molecule has 156 valence electrons. The van der Waals surface area contributed by atoms with E-state index in [0.29, 0.717) is 21.4 Å². The first kappa shape index (κ1) is 20.6. The molecule has 0 radical (unpaired) electrons. The average molecular weight is 429 g/mol. The fraction of sp³-hybridized carbons (Fsp3) is 0.227. The van der Waals surface area contributed by atoms with Crippen LogP contribution < -0.4 is 15.4 Å². The van der Waals surface area contributed by atoms with Crippen LogP contribution in [0.1, 0.15) is 23.2 Å².